The summed E-state index contributed by atoms with van der Waals surface area (Å²) < 4.78 is 0. The van der Waals surface area contributed by atoms with Crippen molar-refractivity contribution in [1.82, 2.24) is 0 Å². The molecule has 0 bridgehead atoms. The fraction of sp³-hybridized carbons (Fsp3) is 0.778. The summed E-state index contributed by atoms with van der Waals surface area (Å²) in [4.78, 5) is 22.4. The third kappa shape index (κ3) is 3.86. The van der Waals surface area contributed by atoms with Crippen molar-refractivity contribution in [3.05, 3.63) is 0 Å². The molecule has 0 rings (SSSR count). The van der Waals surface area contributed by atoms with E-state index in [9.17, 15) is 9.59 Å². The van der Waals surface area contributed by atoms with Crippen molar-refractivity contribution in [2.45, 2.75) is 33.6 Å². The quantitative estimate of drug-likeness (QED) is 0.503. The molecule has 0 atom stereocenters. The molecule has 0 heterocycles. The van der Waals surface area contributed by atoms with Gasteiger partial charge in [0, 0.05) is 17.7 Å². The lowest BCUT2D eigenvalue weighted by Crippen LogP contribution is -2.28. The fourth-order valence-corrected chi connectivity index (χ4v) is 0.893. The Morgan fingerprint density at radius 2 is 1.75 bits per heavy atom. The normalized spacial score (nSPS) is 11.3. The van der Waals surface area contributed by atoms with Gasteiger partial charge < -0.3 is 0 Å². The Morgan fingerprint density at radius 1 is 1.25 bits per heavy atom. The predicted molar refractivity (Wildman–Crippen MR) is 49.4 cm³/mol. The van der Waals surface area contributed by atoms with Crippen molar-refractivity contribution in [3.63, 3.8) is 0 Å². The lowest BCUT2D eigenvalue weighted by molar-refractivity contribution is -0.141. The summed E-state index contributed by atoms with van der Waals surface area (Å²) in [5.74, 6) is -0.167. The number of Topliss-reactive ketones (excluding diaryl/α,β-unsaturated/α-hetero) is 2. The molecular formula is C9H15ClO2. The van der Waals surface area contributed by atoms with Gasteiger partial charge in [0.2, 0.25) is 5.78 Å². The molecule has 0 radical (unpaired) electrons. The summed E-state index contributed by atoms with van der Waals surface area (Å²) in [7, 11) is 0. The SMILES string of the molecule is CC(C)(C)C(=O)C(=O)CCCCl. The van der Waals surface area contributed by atoms with E-state index in [1.807, 2.05) is 0 Å². The Hall–Kier alpha value is -0.370. The first kappa shape index (κ1) is 11.6. The molecule has 3 heteroatoms. The average Bonchev–Trinajstić information content (AvgIpc) is 1.97. The zero-order valence-corrected chi connectivity index (χ0v) is 8.57. The minimum absolute atomic E-state index is 0.277. The minimum Gasteiger partial charge on any atom is -0.291 e. The molecule has 0 aromatic rings. The van der Waals surface area contributed by atoms with E-state index in [4.69, 9.17) is 11.6 Å². The van der Waals surface area contributed by atoms with E-state index in [1.165, 1.54) is 0 Å². The van der Waals surface area contributed by atoms with E-state index in [-0.39, 0.29) is 18.0 Å². The molecule has 0 aromatic carbocycles. The molecule has 0 aromatic heterocycles. The monoisotopic (exact) mass is 190 g/mol. The summed E-state index contributed by atoms with van der Waals surface area (Å²) in [6.07, 6.45) is 0.863. The van der Waals surface area contributed by atoms with Gasteiger partial charge in [0.25, 0.3) is 0 Å². The highest BCUT2D eigenvalue weighted by molar-refractivity contribution is 6.38. The van der Waals surface area contributed by atoms with Gasteiger partial charge in [-0.1, -0.05) is 20.8 Å². The van der Waals surface area contributed by atoms with Gasteiger partial charge in [0.15, 0.2) is 5.78 Å². The molecule has 0 saturated carbocycles. The molecule has 0 saturated heterocycles. The molecule has 0 aliphatic rings. The van der Waals surface area contributed by atoms with Crippen LogP contribution in [0.3, 0.4) is 0 Å². The number of hydrogen-bond acceptors (Lipinski definition) is 2. The van der Waals surface area contributed by atoms with E-state index in [0.29, 0.717) is 12.3 Å². The van der Waals surface area contributed by atoms with Crippen LogP contribution in [0.1, 0.15) is 33.6 Å². The topological polar surface area (TPSA) is 34.1 Å². The summed E-state index contributed by atoms with van der Waals surface area (Å²) in [6, 6.07) is 0. The van der Waals surface area contributed by atoms with Gasteiger partial charge in [-0.15, -0.1) is 11.6 Å². The standard InChI is InChI=1S/C9H15ClO2/c1-9(2,3)8(12)7(11)5-4-6-10/h4-6H2,1-3H3. The van der Waals surface area contributed by atoms with Crippen molar-refractivity contribution >= 4 is 23.2 Å². The number of halogens is 1. The maximum absolute atomic E-state index is 11.3. The molecule has 12 heavy (non-hydrogen) atoms. The van der Waals surface area contributed by atoms with Crippen LogP contribution in [0.5, 0.6) is 0 Å². The first-order valence-corrected chi connectivity index (χ1v) is 4.56. The van der Waals surface area contributed by atoms with Gasteiger partial charge in [-0.3, -0.25) is 9.59 Å². The first-order chi connectivity index (χ1) is 5.39. The van der Waals surface area contributed by atoms with Gasteiger partial charge in [-0.25, -0.2) is 0 Å². The molecule has 0 fully saturated rings. The highest BCUT2D eigenvalue weighted by Crippen LogP contribution is 2.16. The van der Waals surface area contributed by atoms with Crippen molar-refractivity contribution in [1.29, 1.82) is 0 Å². The number of ketones is 2. The summed E-state index contributed by atoms with van der Waals surface area (Å²) in [5.41, 5.74) is -0.552. The highest BCUT2D eigenvalue weighted by Gasteiger charge is 2.26. The lowest BCUT2D eigenvalue weighted by atomic mass is 9.87. The van der Waals surface area contributed by atoms with Crippen LogP contribution in [0.15, 0.2) is 0 Å². The van der Waals surface area contributed by atoms with Gasteiger partial charge >= 0.3 is 0 Å². The highest BCUT2D eigenvalue weighted by atomic mass is 35.5. The van der Waals surface area contributed by atoms with E-state index in [0.717, 1.165) is 0 Å². The zero-order chi connectivity index (χ0) is 9.78. The van der Waals surface area contributed by atoms with Gasteiger partial charge in [0.05, 0.1) is 0 Å². The molecule has 0 N–H and O–H groups in total. The molecule has 0 spiro atoms. The lowest BCUT2D eigenvalue weighted by Gasteiger charge is -2.14. The number of rotatable bonds is 4. The van der Waals surface area contributed by atoms with E-state index < -0.39 is 5.41 Å². The Bertz CT molecular complexity index is 179. The van der Waals surface area contributed by atoms with Crippen LogP contribution in [0, 0.1) is 5.41 Å². The molecule has 0 aliphatic heterocycles. The molecule has 0 unspecified atom stereocenters. The van der Waals surface area contributed by atoms with Gasteiger partial charge in [-0.2, -0.15) is 0 Å². The molecule has 0 aliphatic carbocycles. The third-order valence-corrected chi connectivity index (χ3v) is 1.74. The molecule has 70 valence electrons. The number of carbonyl (C=O) groups is 2. The van der Waals surface area contributed by atoms with Crippen molar-refractivity contribution < 1.29 is 9.59 Å². The number of hydrogen-bond donors (Lipinski definition) is 0. The smallest absolute Gasteiger partial charge is 0.203 e. The summed E-state index contributed by atoms with van der Waals surface area (Å²) >= 11 is 5.40. The fourth-order valence-electron chi connectivity index (χ4n) is 0.759. The zero-order valence-electron chi connectivity index (χ0n) is 7.82. The van der Waals surface area contributed by atoms with E-state index in [2.05, 4.69) is 0 Å². The Balaban J connectivity index is 4.04. The minimum atomic E-state index is -0.552. The second-order valence-corrected chi connectivity index (χ2v) is 4.17. The Kier molecular flexibility index (Phi) is 4.46. The van der Waals surface area contributed by atoms with Crippen molar-refractivity contribution in [2.24, 2.45) is 5.41 Å². The Morgan fingerprint density at radius 3 is 2.08 bits per heavy atom. The first-order valence-electron chi connectivity index (χ1n) is 4.03. The molecule has 0 amide bonds. The number of alkyl halides is 1. The van der Waals surface area contributed by atoms with Crippen molar-refractivity contribution in [2.75, 3.05) is 5.88 Å². The van der Waals surface area contributed by atoms with Gasteiger partial charge in [-0.05, 0) is 6.42 Å². The van der Waals surface area contributed by atoms with Crippen LogP contribution in [-0.2, 0) is 9.59 Å². The second-order valence-electron chi connectivity index (χ2n) is 3.79. The van der Waals surface area contributed by atoms with Gasteiger partial charge in [0.1, 0.15) is 0 Å². The van der Waals surface area contributed by atoms with E-state index in [1.54, 1.807) is 20.8 Å². The van der Waals surface area contributed by atoms with Crippen LogP contribution in [0.25, 0.3) is 0 Å². The molecule has 2 nitrogen and oxygen atoms in total. The third-order valence-electron chi connectivity index (χ3n) is 1.47. The van der Waals surface area contributed by atoms with Crippen LogP contribution in [0.2, 0.25) is 0 Å². The van der Waals surface area contributed by atoms with Crippen molar-refractivity contribution in [3.8, 4) is 0 Å². The number of carbonyl (C=O) groups excluding carboxylic acids is 2. The predicted octanol–water partition coefficient (Wildman–Crippen LogP) is 2.19. The van der Waals surface area contributed by atoms with E-state index >= 15 is 0 Å². The average molecular weight is 191 g/mol. The second kappa shape index (κ2) is 4.61. The van der Waals surface area contributed by atoms with Crippen LogP contribution in [0.4, 0.5) is 0 Å². The largest absolute Gasteiger partial charge is 0.291 e. The molecular weight excluding hydrogens is 176 g/mol. The summed E-state index contributed by atoms with van der Waals surface area (Å²) in [6.45, 7) is 5.23. The summed E-state index contributed by atoms with van der Waals surface area (Å²) in [5, 5.41) is 0. The van der Waals surface area contributed by atoms with Crippen LogP contribution in [-0.4, -0.2) is 17.4 Å². The van der Waals surface area contributed by atoms with Crippen LogP contribution < -0.4 is 0 Å². The maximum atomic E-state index is 11.3. The van der Waals surface area contributed by atoms with Crippen LogP contribution >= 0.6 is 11.6 Å². The maximum Gasteiger partial charge on any atom is 0.203 e. The Labute approximate surface area is 78.3 Å².